The van der Waals surface area contributed by atoms with E-state index in [1.807, 2.05) is 13.8 Å². The second-order valence-corrected chi connectivity index (χ2v) is 5.33. The van der Waals surface area contributed by atoms with Gasteiger partial charge in [-0.25, -0.2) is 4.39 Å². The number of nitrogens with zero attached hydrogens (tertiary/aromatic N) is 2. The van der Waals surface area contributed by atoms with E-state index in [2.05, 4.69) is 15.5 Å². The highest BCUT2D eigenvalue weighted by Gasteiger charge is 2.27. The van der Waals surface area contributed by atoms with Crippen LogP contribution in [0.3, 0.4) is 0 Å². The molecule has 21 heavy (non-hydrogen) atoms. The van der Waals surface area contributed by atoms with E-state index in [4.69, 9.17) is 9.26 Å². The number of ether oxygens (including phenoxy) is 1. The van der Waals surface area contributed by atoms with Crippen molar-refractivity contribution in [1.29, 1.82) is 0 Å². The van der Waals surface area contributed by atoms with Crippen molar-refractivity contribution in [2.75, 3.05) is 6.61 Å². The molecule has 0 saturated carbocycles. The first-order valence-corrected chi connectivity index (χ1v) is 7.10. The van der Waals surface area contributed by atoms with Crippen molar-refractivity contribution < 1.29 is 13.7 Å². The molecule has 1 saturated heterocycles. The normalized spacial score (nSPS) is 23.4. The Morgan fingerprint density at radius 2 is 2.29 bits per heavy atom. The molecule has 1 aliphatic heterocycles. The maximum Gasteiger partial charge on any atom is 0.243 e. The van der Waals surface area contributed by atoms with Crippen LogP contribution in [0.5, 0.6) is 0 Å². The molecule has 5 nitrogen and oxygen atoms in total. The van der Waals surface area contributed by atoms with Crippen molar-refractivity contribution in [2.24, 2.45) is 0 Å². The summed E-state index contributed by atoms with van der Waals surface area (Å²) in [6, 6.07) is 6.36. The van der Waals surface area contributed by atoms with Crippen molar-refractivity contribution in [1.82, 2.24) is 15.5 Å². The standard InChI is InChI=1S/C15H18FN3O2/c1-9(17-13-6-7-20-10(13)2)15-18-14(19-21-15)11-4-3-5-12(16)8-11/h3-5,8-10,13,17H,6-7H2,1-2H3/t9-,10+,13+/m0/s1. The van der Waals surface area contributed by atoms with Gasteiger partial charge in [-0.15, -0.1) is 0 Å². The van der Waals surface area contributed by atoms with E-state index >= 15 is 0 Å². The maximum atomic E-state index is 13.2. The summed E-state index contributed by atoms with van der Waals surface area (Å²) in [6.45, 7) is 4.78. The highest BCUT2D eigenvalue weighted by Crippen LogP contribution is 2.21. The first-order chi connectivity index (χ1) is 10.1. The highest BCUT2D eigenvalue weighted by molar-refractivity contribution is 5.53. The Labute approximate surface area is 122 Å². The Kier molecular flexibility index (Phi) is 3.98. The summed E-state index contributed by atoms with van der Waals surface area (Å²) in [5.74, 6) is 0.573. The first-order valence-electron chi connectivity index (χ1n) is 7.10. The van der Waals surface area contributed by atoms with E-state index in [1.165, 1.54) is 12.1 Å². The fraction of sp³-hybridized carbons (Fsp3) is 0.467. The van der Waals surface area contributed by atoms with Gasteiger partial charge < -0.3 is 14.6 Å². The molecule has 0 amide bonds. The second-order valence-electron chi connectivity index (χ2n) is 5.33. The zero-order valence-electron chi connectivity index (χ0n) is 12.0. The van der Waals surface area contributed by atoms with Crippen LogP contribution in [0.1, 0.15) is 32.2 Å². The van der Waals surface area contributed by atoms with Gasteiger partial charge in [-0.3, -0.25) is 0 Å². The van der Waals surface area contributed by atoms with E-state index in [-0.39, 0.29) is 24.0 Å². The van der Waals surface area contributed by atoms with Gasteiger partial charge in [-0.05, 0) is 32.4 Å². The molecule has 1 fully saturated rings. The number of hydrogen-bond donors (Lipinski definition) is 1. The largest absolute Gasteiger partial charge is 0.377 e. The predicted molar refractivity (Wildman–Crippen MR) is 75.1 cm³/mol. The van der Waals surface area contributed by atoms with Crippen LogP contribution in [-0.4, -0.2) is 28.9 Å². The number of aromatic nitrogens is 2. The smallest absolute Gasteiger partial charge is 0.243 e. The molecule has 112 valence electrons. The van der Waals surface area contributed by atoms with Crippen LogP contribution in [0.2, 0.25) is 0 Å². The Morgan fingerprint density at radius 3 is 3.00 bits per heavy atom. The molecular formula is C15H18FN3O2. The molecule has 1 aliphatic rings. The zero-order valence-corrected chi connectivity index (χ0v) is 12.0. The molecule has 0 unspecified atom stereocenters. The molecule has 3 atom stereocenters. The Morgan fingerprint density at radius 1 is 1.43 bits per heavy atom. The predicted octanol–water partition coefficient (Wildman–Crippen LogP) is 2.70. The van der Waals surface area contributed by atoms with Crippen molar-refractivity contribution in [3.63, 3.8) is 0 Å². The van der Waals surface area contributed by atoms with Gasteiger partial charge in [-0.2, -0.15) is 4.98 Å². The Balaban J connectivity index is 1.72. The monoisotopic (exact) mass is 291 g/mol. The molecule has 0 bridgehead atoms. The molecule has 1 aromatic heterocycles. The van der Waals surface area contributed by atoms with Crippen molar-refractivity contribution in [3.8, 4) is 11.4 Å². The van der Waals surface area contributed by atoms with Gasteiger partial charge in [0.15, 0.2) is 0 Å². The third kappa shape index (κ3) is 3.11. The van der Waals surface area contributed by atoms with E-state index < -0.39 is 0 Å². The van der Waals surface area contributed by atoms with Gasteiger partial charge in [0.2, 0.25) is 11.7 Å². The lowest BCUT2D eigenvalue weighted by Crippen LogP contribution is -2.36. The van der Waals surface area contributed by atoms with E-state index in [9.17, 15) is 4.39 Å². The lowest BCUT2D eigenvalue weighted by molar-refractivity contribution is 0.110. The minimum absolute atomic E-state index is 0.0750. The molecule has 2 aromatic rings. The summed E-state index contributed by atoms with van der Waals surface area (Å²) in [7, 11) is 0. The third-order valence-electron chi connectivity index (χ3n) is 3.74. The molecule has 3 rings (SSSR count). The number of rotatable bonds is 4. The molecule has 0 spiro atoms. The van der Waals surface area contributed by atoms with Gasteiger partial charge in [0.05, 0.1) is 12.1 Å². The summed E-state index contributed by atoms with van der Waals surface area (Å²) in [6.07, 6.45) is 1.15. The average molecular weight is 291 g/mol. The van der Waals surface area contributed by atoms with Crippen LogP contribution >= 0.6 is 0 Å². The van der Waals surface area contributed by atoms with Gasteiger partial charge in [0, 0.05) is 18.2 Å². The van der Waals surface area contributed by atoms with Crippen molar-refractivity contribution in [2.45, 2.75) is 38.5 Å². The molecule has 0 radical (unpaired) electrons. The summed E-state index contributed by atoms with van der Waals surface area (Å²) < 4.78 is 24.0. The fourth-order valence-corrected chi connectivity index (χ4v) is 2.50. The number of halogens is 1. The Bertz CT molecular complexity index is 616. The lowest BCUT2D eigenvalue weighted by Gasteiger charge is -2.19. The van der Waals surface area contributed by atoms with Crippen LogP contribution in [0.15, 0.2) is 28.8 Å². The topological polar surface area (TPSA) is 60.2 Å². The summed E-state index contributed by atoms with van der Waals surface area (Å²) in [4.78, 5) is 4.34. The summed E-state index contributed by atoms with van der Waals surface area (Å²) in [5, 5.41) is 7.34. The van der Waals surface area contributed by atoms with Gasteiger partial charge in [-0.1, -0.05) is 17.3 Å². The van der Waals surface area contributed by atoms with Gasteiger partial charge >= 0.3 is 0 Å². The van der Waals surface area contributed by atoms with E-state index in [1.54, 1.807) is 12.1 Å². The average Bonchev–Trinajstić information content (AvgIpc) is 3.09. The SMILES string of the molecule is C[C@H](N[C@@H]1CCO[C@@H]1C)c1nc(-c2cccc(F)c2)no1. The Hall–Kier alpha value is -1.79. The zero-order chi connectivity index (χ0) is 14.8. The van der Waals surface area contributed by atoms with E-state index in [0.29, 0.717) is 17.3 Å². The molecule has 1 N–H and O–H groups in total. The van der Waals surface area contributed by atoms with Crippen LogP contribution in [0, 0.1) is 5.82 Å². The van der Waals surface area contributed by atoms with E-state index in [0.717, 1.165) is 13.0 Å². The summed E-state index contributed by atoms with van der Waals surface area (Å²) >= 11 is 0. The quantitative estimate of drug-likeness (QED) is 0.938. The van der Waals surface area contributed by atoms with Crippen molar-refractivity contribution in [3.05, 3.63) is 36.0 Å². The van der Waals surface area contributed by atoms with Crippen LogP contribution in [0.25, 0.3) is 11.4 Å². The third-order valence-corrected chi connectivity index (χ3v) is 3.74. The van der Waals surface area contributed by atoms with Crippen molar-refractivity contribution >= 4 is 0 Å². The molecule has 2 heterocycles. The number of benzene rings is 1. The maximum absolute atomic E-state index is 13.2. The molecule has 1 aromatic carbocycles. The van der Waals surface area contributed by atoms with Crippen LogP contribution < -0.4 is 5.32 Å². The second kappa shape index (κ2) is 5.91. The van der Waals surface area contributed by atoms with Gasteiger partial charge in [0.25, 0.3) is 0 Å². The first kappa shape index (κ1) is 14.2. The number of nitrogens with one attached hydrogen (secondary N) is 1. The molecule has 0 aliphatic carbocycles. The van der Waals surface area contributed by atoms with Crippen LogP contribution in [-0.2, 0) is 4.74 Å². The van der Waals surface area contributed by atoms with Gasteiger partial charge in [0.1, 0.15) is 5.82 Å². The fourth-order valence-electron chi connectivity index (χ4n) is 2.50. The highest BCUT2D eigenvalue weighted by atomic mass is 19.1. The molecule has 6 heteroatoms. The lowest BCUT2D eigenvalue weighted by atomic mass is 10.1. The number of hydrogen-bond acceptors (Lipinski definition) is 5. The molecular weight excluding hydrogens is 273 g/mol. The minimum Gasteiger partial charge on any atom is -0.377 e. The summed E-state index contributed by atoms with van der Waals surface area (Å²) in [5.41, 5.74) is 0.606. The minimum atomic E-state index is -0.318. The van der Waals surface area contributed by atoms with Crippen LogP contribution in [0.4, 0.5) is 4.39 Å².